The van der Waals surface area contributed by atoms with Gasteiger partial charge in [-0.05, 0) is 12.1 Å². The third kappa shape index (κ3) is 2.27. The van der Waals surface area contributed by atoms with Crippen molar-refractivity contribution in [3.8, 4) is 0 Å². The summed E-state index contributed by atoms with van der Waals surface area (Å²) in [5.74, 6) is -1.24. The number of hydrogen-bond donors (Lipinski definition) is 1. The molecule has 0 saturated carbocycles. The summed E-state index contributed by atoms with van der Waals surface area (Å²) in [6.45, 7) is 0. The van der Waals surface area contributed by atoms with E-state index in [2.05, 4.69) is 0 Å². The minimum atomic E-state index is -4.01. The fourth-order valence-corrected chi connectivity index (χ4v) is 1.90. The van der Waals surface area contributed by atoms with Crippen molar-refractivity contribution < 1.29 is 18.3 Å². The largest absolute Gasteiger partial charge is 0.478 e. The van der Waals surface area contributed by atoms with Crippen molar-refractivity contribution in [2.45, 2.75) is 4.90 Å². The highest BCUT2D eigenvalue weighted by atomic mass is 35.7. The van der Waals surface area contributed by atoms with Crippen molar-refractivity contribution in [2.75, 3.05) is 0 Å². The molecule has 0 saturated heterocycles. The summed E-state index contributed by atoms with van der Waals surface area (Å²) in [6.07, 6.45) is 0. The third-order valence-electron chi connectivity index (χ3n) is 1.52. The second-order valence-corrected chi connectivity index (χ2v) is 5.03. The Hall–Kier alpha value is -1.01. The Morgan fingerprint density at radius 2 is 2.00 bits per heavy atom. The minimum Gasteiger partial charge on any atom is -0.478 e. The highest BCUT2D eigenvalue weighted by Gasteiger charge is 2.15. The average Bonchev–Trinajstić information content (AvgIpc) is 2.02. The van der Waals surface area contributed by atoms with Crippen LogP contribution < -0.4 is 5.46 Å². The van der Waals surface area contributed by atoms with Crippen LogP contribution in [-0.4, -0.2) is 27.3 Å². The van der Waals surface area contributed by atoms with E-state index in [1.807, 2.05) is 0 Å². The van der Waals surface area contributed by atoms with Gasteiger partial charge in [-0.15, -0.1) is 0 Å². The maximum absolute atomic E-state index is 10.9. The van der Waals surface area contributed by atoms with Gasteiger partial charge in [0.1, 0.15) is 7.85 Å². The van der Waals surface area contributed by atoms with Gasteiger partial charge in [0.05, 0.1) is 10.5 Å². The quantitative estimate of drug-likeness (QED) is 0.578. The molecule has 0 bridgehead atoms. The van der Waals surface area contributed by atoms with Crippen LogP contribution in [0.25, 0.3) is 0 Å². The van der Waals surface area contributed by atoms with Gasteiger partial charge in [0, 0.05) is 10.7 Å². The molecule has 0 spiro atoms. The van der Waals surface area contributed by atoms with Gasteiger partial charge in [0.2, 0.25) is 0 Å². The summed E-state index contributed by atoms with van der Waals surface area (Å²) >= 11 is 0. The van der Waals surface area contributed by atoms with Crippen LogP contribution in [0.3, 0.4) is 0 Å². The Morgan fingerprint density at radius 3 is 2.43 bits per heavy atom. The molecule has 0 amide bonds. The summed E-state index contributed by atoms with van der Waals surface area (Å²) in [7, 11) is 6.35. The maximum atomic E-state index is 10.9. The van der Waals surface area contributed by atoms with E-state index in [0.29, 0.717) is 0 Å². The zero-order chi connectivity index (χ0) is 10.9. The van der Waals surface area contributed by atoms with Gasteiger partial charge in [0.25, 0.3) is 9.05 Å². The Labute approximate surface area is 86.3 Å². The van der Waals surface area contributed by atoms with Gasteiger partial charge in [-0.25, -0.2) is 13.2 Å². The lowest BCUT2D eigenvalue weighted by Crippen LogP contribution is -2.14. The Morgan fingerprint density at radius 1 is 1.43 bits per heavy atom. The molecule has 1 aromatic rings. The minimum absolute atomic E-state index is 0.0787. The molecular formula is C7H4BClO4S. The first-order valence-electron chi connectivity index (χ1n) is 3.40. The van der Waals surface area contributed by atoms with Crippen molar-refractivity contribution in [2.24, 2.45) is 0 Å². The van der Waals surface area contributed by atoms with Crippen LogP contribution >= 0.6 is 10.7 Å². The van der Waals surface area contributed by atoms with Gasteiger partial charge >= 0.3 is 5.97 Å². The summed E-state index contributed by atoms with van der Waals surface area (Å²) in [5.41, 5.74) is -0.261. The number of halogens is 1. The smallest absolute Gasteiger partial charge is 0.335 e. The van der Waals surface area contributed by atoms with E-state index in [1.165, 1.54) is 12.1 Å². The zero-order valence-corrected chi connectivity index (χ0v) is 8.34. The molecule has 0 aromatic heterocycles. The predicted molar refractivity (Wildman–Crippen MR) is 51.8 cm³/mol. The number of hydrogen-bond acceptors (Lipinski definition) is 3. The van der Waals surface area contributed by atoms with Gasteiger partial charge in [-0.3, -0.25) is 0 Å². The fourth-order valence-electron chi connectivity index (χ4n) is 0.879. The summed E-state index contributed by atoms with van der Waals surface area (Å²) in [6, 6.07) is 3.29. The fraction of sp³-hybridized carbons (Fsp3) is 0. The van der Waals surface area contributed by atoms with Gasteiger partial charge < -0.3 is 5.11 Å². The topological polar surface area (TPSA) is 71.4 Å². The van der Waals surface area contributed by atoms with Crippen LogP contribution in [0.4, 0.5) is 0 Å². The van der Waals surface area contributed by atoms with E-state index < -0.39 is 15.0 Å². The van der Waals surface area contributed by atoms with E-state index in [0.717, 1.165) is 6.07 Å². The molecule has 7 heteroatoms. The van der Waals surface area contributed by atoms with E-state index >= 15 is 0 Å². The van der Waals surface area contributed by atoms with Crippen molar-refractivity contribution in [3.05, 3.63) is 23.8 Å². The Kier molecular flexibility index (Phi) is 2.87. The number of carboxylic acids is 1. The van der Waals surface area contributed by atoms with Crippen molar-refractivity contribution in [3.63, 3.8) is 0 Å². The van der Waals surface area contributed by atoms with E-state index in [9.17, 15) is 13.2 Å². The molecule has 1 aromatic carbocycles. The summed E-state index contributed by atoms with van der Waals surface area (Å²) in [5, 5.41) is 8.59. The lowest BCUT2D eigenvalue weighted by atomic mass is 9.95. The SMILES string of the molecule is [B]c1ccc(C(=O)O)cc1S(=O)(=O)Cl. The van der Waals surface area contributed by atoms with E-state index in [-0.39, 0.29) is 15.9 Å². The molecular weight excluding hydrogens is 226 g/mol. The van der Waals surface area contributed by atoms with Gasteiger partial charge in [0.15, 0.2) is 0 Å². The zero-order valence-electron chi connectivity index (χ0n) is 6.77. The standard InChI is InChI=1S/C7H4BClO4S/c8-5-2-1-4(7(10)11)3-6(5)14(9,12)13/h1-3H,(H,10,11). The normalized spacial score (nSPS) is 11.2. The predicted octanol–water partition coefficient (Wildman–Crippen LogP) is 0.106. The second kappa shape index (κ2) is 3.63. The molecule has 0 fully saturated rings. The number of benzene rings is 1. The molecule has 2 radical (unpaired) electrons. The van der Waals surface area contributed by atoms with E-state index in [1.54, 1.807) is 0 Å². The third-order valence-corrected chi connectivity index (χ3v) is 2.90. The first-order chi connectivity index (χ1) is 6.32. The average molecular weight is 230 g/mol. The van der Waals surface area contributed by atoms with Crippen LogP contribution in [-0.2, 0) is 9.05 Å². The number of carbonyl (C=O) groups is 1. The van der Waals surface area contributed by atoms with Crippen molar-refractivity contribution in [1.82, 2.24) is 0 Å². The molecule has 4 nitrogen and oxygen atoms in total. The molecule has 1 N–H and O–H groups in total. The van der Waals surface area contributed by atoms with Gasteiger partial charge in [-0.1, -0.05) is 11.5 Å². The molecule has 0 atom stereocenters. The van der Waals surface area contributed by atoms with Crippen molar-refractivity contribution >= 4 is 39.0 Å². The number of carboxylic acid groups (broad SMARTS) is 1. The molecule has 0 aliphatic rings. The monoisotopic (exact) mass is 230 g/mol. The van der Waals surface area contributed by atoms with Crippen LogP contribution in [0, 0.1) is 0 Å². The van der Waals surface area contributed by atoms with Gasteiger partial charge in [-0.2, -0.15) is 0 Å². The lowest BCUT2D eigenvalue weighted by molar-refractivity contribution is 0.0696. The molecule has 72 valence electrons. The Bertz CT molecular complexity index is 482. The van der Waals surface area contributed by atoms with Crippen LogP contribution in [0.1, 0.15) is 10.4 Å². The molecule has 1 rings (SSSR count). The number of aromatic carboxylic acids is 1. The first-order valence-corrected chi connectivity index (χ1v) is 5.71. The number of rotatable bonds is 2. The van der Waals surface area contributed by atoms with Crippen molar-refractivity contribution in [1.29, 1.82) is 0 Å². The van der Waals surface area contributed by atoms with Crippen LogP contribution in [0.2, 0.25) is 0 Å². The summed E-state index contributed by atoms with van der Waals surface area (Å²) < 4.78 is 21.8. The summed E-state index contributed by atoms with van der Waals surface area (Å²) in [4.78, 5) is 10.1. The first kappa shape index (κ1) is 11.1. The molecule has 0 heterocycles. The molecule has 0 aliphatic carbocycles. The highest BCUT2D eigenvalue weighted by molar-refractivity contribution is 8.13. The van der Waals surface area contributed by atoms with E-state index in [4.69, 9.17) is 23.6 Å². The Balaban J connectivity index is 3.44. The highest BCUT2D eigenvalue weighted by Crippen LogP contribution is 2.13. The van der Waals surface area contributed by atoms with Crippen LogP contribution in [0.15, 0.2) is 23.1 Å². The lowest BCUT2D eigenvalue weighted by Gasteiger charge is -2.02. The van der Waals surface area contributed by atoms with Crippen LogP contribution in [0.5, 0.6) is 0 Å². The molecule has 0 unspecified atom stereocenters. The molecule has 0 aliphatic heterocycles. The maximum Gasteiger partial charge on any atom is 0.335 e. The molecule has 14 heavy (non-hydrogen) atoms. The second-order valence-electron chi connectivity index (χ2n) is 2.50.